The molecular formula is C25H31F2N5O3. The number of benzene rings is 1. The molecule has 35 heavy (non-hydrogen) atoms. The average molecular weight is 488 g/mol. The van der Waals surface area contributed by atoms with E-state index in [1.165, 1.54) is 0 Å². The van der Waals surface area contributed by atoms with Crippen LogP contribution in [0.4, 0.5) is 14.5 Å². The van der Waals surface area contributed by atoms with Crippen molar-refractivity contribution in [2.45, 2.75) is 76.0 Å². The molecule has 4 atom stereocenters. The van der Waals surface area contributed by atoms with Gasteiger partial charge in [0.2, 0.25) is 17.7 Å². The smallest absolute Gasteiger partial charge is 0.245 e. The van der Waals surface area contributed by atoms with Crippen LogP contribution in [-0.2, 0) is 14.4 Å². The third-order valence-corrected chi connectivity index (χ3v) is 7.47. The highest BCUT2D eigenvalue weighted by molar-refractivity contribution is 5.92. The van der Waals surface area contributed by atoms with Gasteiger partial charge in [-0.25, -0.2) is 8.78 Å². The predicted octanol–water partition coefficient (Wildman–Crippen LogP) is 2.46. The number of piperidine rings is 3. The lowest BCUT2D eigenvalue weighted by Crippen LogP contribution is -2.65. The zero-order valence-corrected chi connectivity index (χ0v) is 19.7. The predicted molar refractivity (Wildman–Crippen MR) is 124 cm³/mol. The van der Waals surface area contributed by atoms with Crippen molar-refractivity contribution in [1.29, 1.82) is 5.26 Å². The highest BCUT2D eigenvalue weighted by atomic mass is 19.1. The fraction of sp³-hybridized carbons (Fsp3) is 0.600. The van der Waals surface area contributed by atoms with Gasteiger partial charge in [0.25, 0.3) is 0 Å². The summed E-state index contributed by atoms with van der Waals surface area (Å²) in [5.74, 6) is -2.56. The first-order valence-corrected chi connectivity index (χ1v) is 12.3. The number of rotatable bonds is 7. The van der Waals surface area contributed by atoms with Gasteiger partial charge in [-0.15, -0.1) is 0 Å². The van der Waals surface area contributed by atoms with Gasteiger partial charge in [0.15, 0.2) is 0 Å². The number of carbonyl (C=O) groups is 3. The van der Waals surface area contributed by atoms with Gasteiger partial charge in [-0.3, -0.25) is 14.4 Å². The normalized spacial score (nSPS) is 27.4. The standard InChI is InChI=1S/C25H31F2N5O3/c1-14(30-21-12-17(26)6-9-20(21)27)25(35)32-19-7-4-15(5-8-19)22(32)24(34)31-18(13-28)11-16-3-2-10-29-23(16)33/h6,9,12,14-16,18-19,22,30H,2-5,7-8,10-11H2,1H3,(H,29,33)(H,31,34)/t14-,15?,16+,18+,19?,22+/m1/s1. The second kappa shape index (κ2) is 10.6. The van der Waals surface area contributed by atoms with Crippen molar-refractivity contribution in [3.05, 3.63) is 29.8 Å². The van der Waals surface area contributed by atoms with Crippen LogP contribution in [0.15, 0.2) is 18.2 Å². The summed E-state index contributed by atoms with van der Waals surface area (Å²) < 4.78 is 27.7. The Kier molecular flexibility index (Phi) is 7.53. The molecular weight excluding hydrogens is 456 g/mol. The maximum absolute atomic E-state index is 14.1. The quantitative estimate of drug-likeness (QED) is 0.547. The molecule has 3 N–H and O–H groups in total. The van der Waals surface area contributed by atoms with E-state index in [4.69, 9.17) is 0 Å². The third-order valence-electron chi connectivity index (χ3n) is 7.47. The van der Waals surface area contributed by atoms with E-state index >= 15 is 0 Å². The van der Waals surface area contributed by atoms with Crippen molar-refractivity contribution >= 4 is 23.4 Å². The van der Waals surface area contributed by atoms with Crippen molar-refractivity contribution in [1.82, 2.24) is 15.5 Å². The molecule has 1 aliphatic carbocycles. The lowest BCUT2D eigenvalue weighted by molar-refractivity contribution is -0.154. The SMILES string of the molecule is C[C@@H](Nc1cc(F)ccc1F)C(=O)N1C2CCC(CC2)[C@H]1C(=O)N[C@H](C#N)C[C@@H]1CCCNC1=O. The Balaban J connectivity index is 1.47. The lowest BCUT2D eigenvalue weighted by atomic mass is 9.74. The Bertz CT molecular complexity index is 1020. The average Bonchev–Trinajstić information content (AvgIpc) is 2.86. The number of amides is 3. The third kappa shape index (κ3) is 5.39. The van der Waals surface area contributed by atoms with Crippen molar-refractivity contribution < 1.29 is 23.2 Å². The van der Waals surface area contributed by atoms with E-state index in [0.29, 0.717) is 13.0 Å². The van der Waals surface area contributed by atoms with Crippen LogP contribution in [0, 0.1) is 34.8 Å². The van der Waals surface area contributed by atoms with E-state index in [-0.39, 0.29) is 41.8 Å². The van der Waals surface area contributed by atoms with Gasteiger partial charge in [0, 0.05) is 18.5 Å². The zero-order valence-electron chi connectivity index (χ0n) is 19.7. The Morgan fingerprint density at radius 1 is 1.23 bits per heavy atom. The van der Waals surface area contributed by atoms with Gasteiger partial charge < -0.3 is 20.9 Å². The second-order valence-corrected chi connectivity index (χ2v) is 9.81. The molecule has 1 saturated carbocycles. The summed E-state index contributed by atoms with van der Waals surface area (Å²) in [4.78, 5) is 40.5. The minimum absolute atomic E-state index is 0.0422. The van der Waals surface area contributed by atoms with Crippen LogP contribution in [0.5, 0.6) is 0 Å². The van der Waals surface area contributed by atoms with Gasteiger partial charge in [-0.05, 0) is 76.0 Å². The minimum Gasteiger partial charge on any atom is -0.371 e. The number of anilines is 1. The summed E-state index contributed by atoms with van der Waals surface area (Å²) >= 11 is 0. The van der Waals surface area contributed by atoms with E-state index in [1.54, 1.807) is 11.8 Å². The zero-order chi connectivity index (χ0) is 25.1. The first-order chi connectivity index (χ1) is 16.8. The Morgan fingerprint density at radius 2 is 1.97 bits per heavy atom. The van der Waals surface area contributed by atoms with Crippen molar-refractivity contribution in [2.24, 2.45) is 11.8 Å². The van der Waals surface area contributed by atoms with Gasteiger partial charge >= 0.3 is 0 Å². The Labute approximate surface area is 203 Å². The molecule has 3 saturated heterocycles. The van der Waals surface area contributed by atoms with Gasteiger partial charge in [-0.1, -0.05) is 0 Å². The van der Waals surface area contributed by atoms with Crippen molar-refractivity contribution in [3.63, 3.8) is 0 Å². The van der Waals surface area contributed by atoms with Gasteiger partial charge in [-0.2, -0.15) is 5.26 Å². The fourth-order valence-corrected chi connectivity index (χ4v) is 5.68. The molecule has 0 aromatic heterocycles. The van der Waals surface area contributed by atoms with Crippen molar-refractivity contribution in [2.75, 3.05) is 11.9 Å². The summed E-state index contributed by atoms with van der Waals surface area (Å²) in [6.07, 6.45) is 4.85. The minimum atomic E-state index is -0.890. The number of nitriles is 1. The molecule has 3 aliphatic heterocycles. The molecule has 10 heteroatoms. The summed E-state index contributed by atoms with van der Waals surface area (Å²) in [5.41, 5.74) is -0.121. The lowest BCUT2D eigenvalue weighted by Gasteiger charge is -2.51. The summed E-state index contributed by atoms with van der Waals surface area (Å²) in [6, 6.07) is 2.46. The van der Waals surface area contributed by atoms with E-state index in [2.05, 4.69) is 22.0 Å². The van der Waals surface area contributed by atoms with Crippen LogP contribution in [0.1, 0.15) is 51.9 Å². The van der Waals surface area contributed by atoms with Gasteiger partial charge in [0.05, 0.1) is 11.8 Å². The molecule has 3 amide bonds. The van der Waals surface area contributed by atoms with Crippen LogP contribution >= 0.6 is 0 Å². The maximum atomic E-state index is 14.1. The van der Waals surface area contributed by atoms with Crippen LogP contribution in [0.3, 0.4) is 0 Å². The number of halogens is 2. The molecule has 0 unspecified atom stereocenters. The molecule has 0 radical (unpaired) electrons. The molecule has 4 fully saturated rings. The van der Waals surface area contributed by atoms with Gasteiger partial charge in [0.1, 0.15) is 29.8 Å². The Morgan fingerprint density at radius 3 is 2.66 bits per heavy atom. The second-order valence-electron chi connectivity index (χ2n) is 9.81. The van der Waals surface area contributed by atoms with Crippen LogP contribution in [-0.4, -0.2) is 53.3 Å². The molecule has 1 aromatic rings. The molecule has 4 aliphatic rings. The topological polar surface area (TPSA) is 114 Å². The number of carbonyl (C=O) groups excluding carboxylic acids is 3. The van der Waals surface area contributed by atoms with E-state index < -0.39 is 35.7 Å². The van der Waals surface area contributed by atoms with Crippen LogP contribution in [0.25, 0.3) is 0 Å². The number of hydrogen-bond donors (Lipinski definition) is 3. The first kappa shape index (κ1) is 24.9. The molecule has 3 heterocycles. The maximum Gasteiger partial charge on any atom is 0.245 e. The molecule has 8 nitrogen and oxygen atoms in total. The Hall–Kier alpha value is -3.22. The largest absolute Gasteiger partial charge is 0.371 e. The van der Waals surface area contributed by atoms with E-state index in [1.807, 2.05) is 0 Å². The molecule has 5 rings (SSSR count). The fourth-order valence-electron chi connectivity index (χ4n) is 5.68. The van der Waals surface area contributed by atoms with E-state index in [9.17, 15) is 28.4 Å². The summed E-state index contributed by atoms with van der Waals surface area (Å²) in [5, 5.41) is 18.0. The number of hydrogen-bond acceptors (Lipinski definition) is 5. The molecule has 188 valence electrons. The van der Waals surface area contributed by atoms with E-state index in [0.717, 1.165) is 50.3 Å². The molecule has 1 aromatic carbocycles. The summed E-state index contributed by atoms with van der Waals surface area (Å²) in [7, 11) is 0. The molecule has 0 spiro atoms. The highest BCUT2D eigenvalue weighted by Gasteiger charge is 2.48. The van der Waals surface area contributed by atoms with Crippen molar-refractivity contribution in [3.8, 4) is 6.07 Å². The first-order valence-electron chi connectivity index (χ1n) is 12.3. The summed E-state index contributed by atoms with van der Waals surface area (Å²) in [6.45, 7) is 2.18. The number of fused-ring (bicyclic) bond motifs is 3. The van der Waals surface area contributed by atoms with Crippen LogP contribution in [0.2, 0.25) is 0 Å². The number of nitrogens with one attached hydrogen (secondary N) is 3. The highest BCUT2D eigenvalue weighted by Crippen LogP contribution is 2.40. The monoisotopic (exact) mass is 487 g/mol. The van der Waals surface area contributed by atoms with Crippen LogP contribution < -0.4 is 16.0 Å². The number of nitrogens with zero attached hydrogens (tertiary/aromatic N) is 2. The molecule has 2 bridgehead atoms.